The minimum absolute atomic E-state index is 0.354. The van der Waals surface area contributed by atoms with Crippen LogP contribution in [-0.2, 0) is 4.74 Å². The van der Waals surface area contributed by atoms with Gasteiger partial charge < -0.3 is 9.84 Å². The third kappa shape index (κ3) is 3.03. The Morgan fingerprint density at radius 2 is 2.44 bits per heavy atom. The van der Waals surface area contributed by atoms with E-state index in [1.807, 2.05) is 13.0 Å². The van der Waals surface area contributed by atoms with Crippen molar-refractivity contribution in [2.45, 2.75) is 44.8 Å². The molecule has 3 heteroatoms. The number of rotatable bonds is 4. The molecule has 2 unspecified atom stereocenters. The predicted molar refractivity (Wildman–Crippen MR) is 62.1 cm³/mol. The van der Waals surface area contributed by atoms with Crippen LogP contribution in [0.1, 0.15) is 42.9 Å². The summed E-state index contributed by atoms with van der Waals surface area (Å²) in [6.45, 7) is 2.87. The molecule has 1 aromatic heterocycles. The molecule has 0 spiro atoms. The van der Waals surface area contributed by atoms with Crippen LogP contribution >= 0.6 is 0 Å². The zero-order chi connectivity index (χ0) is 11.4. The van der Waals surface area contributed by atoms with Gasteiger partial charge in [-0.15, -0.1) is 0 Å². The van der Waals surface area contributed by atoms with Gasteiger partial charge in [0.25, 0.3) is 0 Å². The first-order valence-corrected chi connectivity index (χ1v) is 5.97. The van der Waals surface area contributed by atoms with Gasteiger partial charge in [0.1, 0.15) is 0 Å². The number of aryl methyl sites for hydroxylation is 1. The van der Waals surface area contributed by atoms with Crippen molar-refractivity contribution in [3.8, 4) is 0 Å². The Balaban J connectivity index is 1.85. The zero-order valence-electron chi connectivity index (χ0n) is 9.72. The molecule has 2 heterocycles. The van der Waals surface area contributed by atoms with Gasteiger partial charge in [0.2, 0.25) is 0 Å². The fourth-order valence-electron chi connectivity index (χ4n) is 2.14. The molecular weight excluding hydrogens is 202 g/mol. The topological polar surface area (TPSA) is 42.4 Å². The van der Waals surface area contributed by atoms with Crippen LogP contribution in [0.4, 0.5) is 0 Å². The fraction of sp³-hybridized carbons (Fsp3) is 0.615. The quantitative estimate of drug-likeness (QED) is 0.848. The molecule has 2 rings (SSSR count). The molecule has 0 amide bonds. The van der Waals surface area contributed by atoms with Crippen LogP contribution < -0.4 is 0 Å². The van der Waals surface area contributed by atoms with E-state index in [0.29, 0.717) is 6.10 Å². The smallest absolute Gasteiger partial charge is 0.0806 e. The Labute approximate surface area is 96.5 Å². The van der Waals surface area contributed by atoms with E-state index in [1.165, 1.54) is 0 Å². The molecule has 0 radical (unpaired) electrons. The molecule has 0 aromatic carbocycles. The van der Waals surface area contributed by atoms with E-state index in [9.17, 15) is 5.11 Å². The third-order valence-corrected chi connectivity index (χ3v) is 3.07. The summed E-state index contributed by atoms with van der Waals surface area (Å²) in [6.07, 6.45) is 7.49. The summed E-state index contributed by atoms with van der Waals surface area (Å²) in [5.41, 5.74) is 2.01. The number of ether oxygens (including phenoxy) is 1. The van der Waals surface area contributed by atoms with Gasteiger partial charge >= 0.3 is 0 Å². The minimum Gasteiger partial charge on any atom is -0.388 e. The summed E-state index contributed by atoms with van der Waals surface area (Å²) >= 11 is 0. The number of aromatic nitrogens is 1. The molecule has 3 nitrogen and oxygen atoms in total. The summed E-state index contributed by atoms with van der Waals surface area (Å²) in [5, 5.41) is 10.0. The van der Waals surface area contributed by atoms with Gasteiger partial charge in [-0.25, -0.2) is 0 Å². The van der Waals surface area contributed by atoms with Gasteiger partial charge in [0, 0.05) is 19.0 Å². The van der Waals surface area contributed by atoms with Gasteiger partial charge in [0.05, 0.1) is 12.2 Å². The van der Waals surface area contributed by atoms with Crippen LogP contribution in [0.3, 0.4) is 0 Å². The molecule has 0 aliphatic carbocycles. The van der Waals surface area contributed by atoms with E-state index in [0.717, 1.165) is 43.4 Å². The number of pyridine rings is 1. The monoisotopic (exact) mass is 221 g/mol. The molecule has 2 atom stereocenters. The first-order chi connectivity index (χ1) is 7.75. The molecule has 1 saturated heterocycles. The lowest BCUT2D eigenvalue weighted by molar-refractivity contribution is 0.0811. The number of hydrogen-bond donors (Lipinski definition) is 1. The lowest BCUT2D eigenvalue weighted by Gasteiger charge is -2.14. The highest BCUT2D eigenvalue weighted by Crippen LogP contribution is 2.23. The predicted octanol–water partition coefficient (Wildman–Crippen LogP) is 2.38. The highest BCUT2D eigenvalue weighted by molar-refractivity contribution is 5.18. The Bertz CT molecular complexity index is 334. The van der Waals surface area contributed by atoms with Crippen LogP contribution in [0.5, 0.6) is 0 Å². The highest BCUT2D eigenvalue weighted by atomic mass is 16.5. The molecular formula is C13H19NO2. The van der Waals surface area contributed by atoms with Crippen molar-refractivity contribution in [3.05, 3.63) is 29.6 Å². The van der Waals surface area contributed by atoms with Gasteiger partial charge in [-0.3, -0.25) is 4.98 Å². The maximum atomic E-state index is 10.0. The standard InChI is InChI=1S/C13H19NO2/c1-10-7-11(9-14-8-10)13(15)5-4-12-3-2-6-16-12/h7-9,12-13,15H,2-6H2,1H3. The molecule has 0 saturated carbocycles. The second kappa shape index (κ2) is 5.41. The number of aliphatic hydroxyl groups excluding tert-OH is 1. The summed E-state index contributed by atoms with van der Waals surface area (Å²) in [6, 6.07) is 1.99. The summed E-state index contributed by atoms with van der Waals surface area (Å²) in [7, 11) is 0. The van der Waals surface area contributed by atoms with Crippen molar-refractivity contribution < 1.29 is 9.84 Å². The Morgan fingerprint density at radius 3 is 3.12 bits per heavy atom. The molecule has 1 aliphatic heterocycles. The van der Waals surface area contributed by atoms with Gasteiger partial charge in [-0.1, -0.05) is 6.07 Å². The van der Waals surface area contributed by atoms with E-state index in [4.69, 9.17) is 4.74 Å². The van der Waals surface area contributed by atoms with Gasteiger partial charge in [-0.2, -0.15) is 0 Å². The fourth-order valence-corrected chi connectivity index (χ4v) is 2.14. The van der Waals surface area contributed by atoms with Crippen molar-refractivity contribution >= 4 is 0 Å². The molecule has 1 aromatic rings. The van der Waals surface area contributed by atoms with Crippen molar-refractivity contribution in [3.63, 3.8) is 0 Å². The van der Waals surface area contributed by atoms with Gasteiger partial charge in [-0.05, 0) is 43.7 Å². The Kier molecular flexibility index (Phi) is 3.91. The summed E-state index contributed by atoms with van der Waals surface area (Å²) in [4.78, 5) is 4.09. The Morgan fingerprint density at radius 1 is 1.56 bits per heavy atom. The lowest BCUT2D eigenvalue weighted by Crippen LogP contribution is -2.08. The van der Waals surface area contributed by atoms with E-state index in [2.05, 4.69) is 4.98 Å². The van der Waals surface area contributed by atoms with Gasteiger partial charge in [0.15, 0.2) is 0 Å². The largest absolute Gasteiger partial charge is 0.388 e. The molecule has 0 bridgehead atoms. The van der Waals surface area contributed by atoms with Crippen LogP contribution in [0.25, 0.3) is 0 Å². The van der Waals surface area contributed by atoms with Crippen molar-refractivity contribution in [2.75, 3.05) is 6.61 Å². The van der Waals surface area contributed by atoms with Crippen LogP contribution in [0.15, 0.2) is 18.5 Å². The summed E-state index contributed by atoms with van der Waals surface area (Å²) in [5.74, 6) is 0. The third-order valence-electron chi connectivity index (χ3n) is 3.07. The van der Waals surface area contributed by atoms with Crippen LogP contribution in [0.2, 0.25) is 0 Å². The SMILES string of the molecule is Cc1cncc(C(O)CCC2CCCO2)c1. The molecule has 16 heavy (non-hydrogen) atoms. The molecule has 1 aliphatic rings. The Hall–Kier alpha value is -0.930. The molecule has 1 N–H and O–H groups in total. The maximum Gasteiger partial charge on any atom is 0.0806 e. The maximum absolute atomic E-state index is 10.0. The van der Waals surface area contributed by atoms with E-state index >= 15 is 0 Å². The highest BCUT2D eigenvalue weighted by Gasteiger charge is 2.17. The number of hydrogen-bond acceptors (Lipinski definition) is 3. The first-order valence-electron chi connectivity index (χ1n) is 5.97. The van der Waals surface area contributed by atoms with Crippen molar-refractivity contribution in [1.29, 1.82) is 0 Å². The van der Waals surface area contributed by atoms with E-state index < -0.39 is 6.10 Å². The molecule has 88 valence electrons. The number of nitrogens with zero attached hydrogens (tertiary/aromatic N) is 1. The van der Waals surface area contributed by atoms with E-state index in [1.54, 1.807) is 12.4 Å². The van der Waals surface area contributed by atoms with Crippen LogP contribution in [0, 0.1) is 6.92 Å². The van der Waals surface area contributed by atoms with E-state index in [-0.39, 0.29) is 0 Å². The zero-order valence-corrected chi connectivity index (χ0v) is 9.72. The minimum atomic E-state index is -0.406. The second-order valence-electron chi connectivity index (χ2n) is 4.52. The number of aliphatic hydroxyl groups is 1. The lowest BCUT2D eigenvalue weighted by atomic mass is 10.0. The average molecular weight is 221 g/mol. The van der Waals surface area contributed by atoms with Crippen molar-refractivity contribution in [1.82, 2.24) is 4.98 Å². The van der Waals surface area contributed by atoms with Crippen molar-refractivity contribution in [2.24, 2.45) is 0 Å². The first kappa shape index (κ1) is 11.6. The normalized spacial score (nSPS) is 22.2. The second-order valence-corrected chi connectivity index (χ2v) is 4.52. The summed E-state index contributed by atoms with van der Waals surface area (Å²) < 4.78 is 5.54. The molecule has 1 fully saturated rings. The average Bonchev–Trinajstić information content (AvgIpc) is 2.78. The van der Waals surface area contributed by atoms with Crippen LogP contribution in [-0.4, -0.2) is 22.8 Å².